The normalized spacial score (nSPS) is 29.3. The molecule has 0 aromatic rings. The SMILES string of the molecule is C1=CN([C@@H]2CCCNC2)CN=C1. The van der Waals surface area contributed by atoms with E-state index in [0.29, 0.717) is 6.04 Å². The molecule has 2 heterocycles. The largest absolute Gasteiger partial charge is 0.354 e. The van der Waals surface area contributed by atoms with Crippen molar-refractivity contribution in [2.24, 2.45) is 4.99 Å². The third kappa shape index (κ3) is 1.67. The van der Waals surface area contributed by atoms with E-state index in [0.717, 1.165) is 13.2 Å². The molecule has 0 bridgehead atoms. The molecule has 2 aliphatic heterocycles. The van der Waals surface area contributed by atoms with E-state index >= 15 is 0 Å². The molecule has 12 heavy (non-hydrogen) atoms. The van der Waals surface area contributed by atoms with Gasteiger partial charge in [0.05, 0.1) is 0 Å². The van der Waals surface area contributed by atoms with E-state index in [2.05, 4.69) is 21.4 Å². The molecule has 0 unspecified atom stereocenters. The molecular weight excluding hydrogens is 150 g/mol. The summed E-state index contributed by atoms with van der Waals surface area (Å²) in [6.45, 7) is 3.13. The molecule has 1 N–H and O–H groups in total. The van der Waals surface area contributed by atoms with Crippen LogP contribution in [0.15, 0.2) is 17.3 Å². The number of rotatable bonds is 1. The number of aliphatic imine (C=N–C) groups is 1. The summed E-state index contributed by atoms with van der Waals surface area (Å²) in [5.41, 5.74) is 0. The quantitative estimate of drug-likeness (QED) is 0.616. The Kier molecular flexibility index (Phi) is 2.42. The Labute approximate surface area is 73.2 Å². The molecule has 0 aromatic heterocycles. The van der Waals surface area contributed by atoms with Gasteiger partial charge in [-0.1, -0.05) is 0 Å². The summed E-state index contributed by atoms with van der Waals surface area (Å²) >= 11 is 0. The lowest BCUT2D eigenvalue weighted by Crippen LogP contribution is -2.44. The van der Waals surface area contributed by atoms with Crippen molar-refractivity contribution in [3.8, 4) is 0 Å². The Hall–Kier alpha value is -0.830. The fourth-order valence-corrected chi connectivity index (χ4v) is 1.75. The van der Waals surface area contributed by atoms with E-state index in [9.17, 15) is 0 Å². The van der Waals surface area contributed by atoms with Crippen molar-refractivity contribution in [1.82, 2.24) is 10.2 Å². The second-order valence-corrected chi connectivity index (χ2v) is 3.33. The van der Waals surface area contributed by atoms with E-state index in [4.69, 9.17) is 0 Å². The van der Waals surface area contributed by atoms with Gasteiger partial charge >= 0.3 is 0 Å². The Morgan fingerprint density at radius 3 is 3.17 bits per heavy atom. The highest BCUT2D eigenvalue weighted by molar-refractivity contribution is 5.71. The number of allylic oxidation sites excluding steroid dienone is 1. The van der Waals surface area contributed by atoms with Crippen LogP contribution in [0, 0.1) is 0 Å². The standard InChI is InChI=1S/C9H15N3/c1-3-9(7-10-4-1)12-6-2-5-11-8-12/h2,5-6,9-10H,1,3-4,7-8H2/t9-/m1/s1. The van der Waals surface area contributed by atoms with Crippen LogP contribution in [-0.2, 0) is 0 Å². The van der Waals surface area contributed by atoms with Gasteiger partial charge in [0.15, 0.2) is 0 Å². The zero-order chi connectivity index (χ0) is 8.23. The van der Waals surface area contributed by atoms with Gasteiger partial charge in [-0.25, -0.2) is 0 Å². The fourth-order valence-electron chi connectivity index (χ4n) is 1.75. The van der Waals surface area contributed by atoms with E-state index in [1.165, 1.54) is 19.4 Å². The van der Waals surface area contributed by atoms with Crippen molar-refractivity contribution >= 4 is 6.21 Å². The molecular formula is C9H15N3. The molecule has 66 valence electrons. The molecule has 2 rings (SSSR count). The van der Waals surface area contributed by atoms with Crippen molar-refractivity contribution in [2.75, 3.05) is 19.8 Å². The van der Waals surface area contributed by atoms with Crippen LogP contribution < -0.4 is 5.32 Å². The molecule has 3 heteroatoms. The monoisotopic (exact) mass is 165 g/mol. The molecule has 1 fully saturated rings. The molecule has 0 radical (unpaired) electrons. The van der Waals surface area contributed by atoms with Crippen molar-refractivity contribution in [3.63, 3.8) is 0 Å². The van der Waals surface area contributed by atoms with E-state index in [-0.39, 0.29) is 0 Å². The van der Waals surface area contributed by atoms with Crippen molar-refractivity contribution in [3.05, 3.63) is 12.3 Å². The molecule has 1 saturated heterocycles. The number of nitrogens with one attached hydrogen (secondary N) is 1. The highest BCUT2D eigenvalue weighted by Gasteiger charge is 2.17. The summed E-state index contributed by atoms with van der Waals surface area (Å²) in [6.07, 6.45) is 8.61. The molecule has 0 spiro atoms. The fraction of sp³-hybridized carbons (Fsp3) is 0.667. The van der Waals surface area contributed by atoms with E-state index in [1.807, 2.05) is 12.3 Å². The van der Waals surface area contributed by atoms with Crippen LogP contribution in [0.5, 0.6) is 0 Å². The summed E-state index contributed by atoms with van der Waals surface area (Å²) in [7, 11) is 0. The second kappa shape index (κ2) is 3.72. The van der Waals surface area contributed by atoms with Crippen molar-refractivity contribution in [2.45, 2.75) is 18.9 Å². The van der Waals surface area contributed by atoms with Gasteiger partial charge in [-0.05, 0) is 25.5 Å². The Morgan fingerprint density at radius 1 is 1.50 bits per heavy atom. The maximum absolute atomic E-state index is 4.22. The lowest BCUT2D eigenvalue weighted by atomic mass is 10.1. The van der Waals surface area contributed by atoms with Crippen LogP contribution in [0.3, 0.4) is 0 Å². The minimum absolute atomic E-state index is 0.660. The van der Waals surface area contributed by atoms with Gasteiger partial charge in [-0.2, -0.15) is 0 Å². The number of hydrogen-bond donors (Lipinski definition) is 1. The zero-order valence-electron chi connectivity index (χ0n) is 7.24. The average Bonchev–Trinajstić information content (AvgIpc) is 2.21. The van der Waals surface area contributed by atoms with Crippen molar-refractivity contribution < 1.29 is 0 Å². The Bertz CT molecular complexity index is 192. The highest BCUT2D eigenvalue weighted by atomic mass is 15.2. The number of hydrogen-bond acceptors (Lipinski definition) is 3. The van der Waals surface area contributed by atoms with Gasteiger partial charge in [0, 0.05) is 25.0 Å². The molecule has 0 amide bonds. The number of piperidine rings is 1. The van der Waals surface area contributed by atoms with Gasteiger partial charge in [0.2, 0.25) is 0 Å². The maximum atomic E-state index is 4.22. The van der Waals surface area contributed by atoms with Crippen LogP contribution >= 0.6 is 0 Å². The van der Waals surface area contributed by atoms with Crippen LogP contribution in [0.4, 0.5) is 0 Å². The molecule has 2 aliphatic rings. The summed E-state index contributed by atoms with van der Waals surface area (Å²) in [5, 5.41) is 3.40. The molecule has 3 nitrogen and oxygen atoms in total. The molecule has 0 saturated carbocycles. The first-order valence-corrected chi connectivity index (χ1v) is 4.60. The van der Waals surface area contributed by atoms with Crippen molar-refractivity contribution in [1.29, 1.82) is 0 Å². The topological polar surface area (TPSA) is 27.6 Å². The molecule has 1 atom stereocenters. The minimum Gasteiger partial charge on any atom is -0.354 e. The smallest absolute Gasteiger partial charge is 0.110 e. The van der Waals surface area contributed by atoms with E-state index in [1.54, 1.807) is 0 Å². The van der Waals surface area contributed by atoms with Gasteiger partial charge in [-0.15, -0.1) is 0 Å². The van der Waals surface area contributed by atoms with Gasteiger partial charge in [0.1, 0.15) is 6.67 Å². The second-order valence-electron chi connectivity index (χ2n) is 3.33. The minimum atomic E-state index is 0.660. The Balaban J connectivity index is 1.90. The van der Waals surface area contributed by atoms with Crippen LogP contribution in [-0.4, -0.2) is 36.9 Å². The third-order valence-electron chi connectivity index (χ3n) is 2.45. The average molecular weight is 165 g/mol. The number of nitrogens with zero attached hydrogens (tertiary/aromatic N) is 2. The maximum Gasteiger partial charge on any atom is 0.110 e. The first-order valence-electron chi connectivity index (χ1n) is 4.60. The first kappa shape index (κ1) is 7.80. The third-order valence-corrected chi connectivity index (χ3v) is 2.45. The van der Waals surface area contributed by atoms with Gasteiger partial charge in [0.25, 0.3) is 0 Å². The summed E-state index contributed by atoms with van der Waals surface area (Å²) < 4.78 is 0. The Morgan fingerprint density at radius 2 is 2.50 bits per heavy atom. The molecule has 0 aromatic carbocycles. The predicted octanol–water partition coefficient (Wildman–Crippen LogP) is 0.596. The lowest BCUT2D eigenvalue weighted by Gasteiger charge is -2.33. The summed E-state index contributed by atoms with van der Waals surface area (Å²) in [5.74, 6) is 0. The molecule has 0 aliphatic carbocycles. The van der Waals surface area contributed by atoms with Crippen LogP contribution in [0.1, 0.15) is 12.8 Å². The summed E-state index contributed by atoms with van der Waals surface area (Å²) in [6, 6.07) is 0.660. The lowest BCUT2D eigenvalue weighted by molar-refractivity contribution is 0.234. The zero-order valence-corrected chi connectivity index (χ0v) is 7.24. The first-order chi connectivity index (χ1) is 5.97. The van der Waals surface area contributed by atoms with Crippen LogP contribution in [0.2, 0.25) is 0 Å². The predicted molar refractivity (Wildman–Crippen MR) is 50.2 cm³/mol. The van der Waals surface area contributed by atoms with Crippen LogP contribution in [0.25, 0.3) is 0 Å². The van der Waals surface area contributed by atoms with Gasteiger partial charge in [-0.3, -0.25) is 4.99 Å². The van der Waals surface area contributed by atoms with Gasteiger partial charge < -0.3 is 10.2 Å². The van der Waals surface area contributed by atoms with E-state index < -0.39 is 0 Å². The highest BCUT2D eigenvalue weighted by Crippen LogP contribution is 2.11. The summed E-state index contributed by atoms with van der Waals surface area (Å²) in [4.78, 5) is 6.53.